The quantitative estimate of drug-likeness (QED) is 0.466. The second kappa shape index (κ2) is 9.68. The second-order valence-electron chi connectivity index (χ2n) is 7.93. The van der Waals surface area contributed by atoms with Gasteiger partial charge in [0.1, 0.15) is 0 Å². The summed E-state index contributed by atoms with van der Waals surface area (Å²) in [6.45, 7) is 7.42. The summed E-state index contributed by atoms with van der Waals surface area (Å²) in [5.74, 6) is -1.00. The van der Waals surface area contributed by atoms with E-state index < -0.39 is 21.9 Å². The fourth-order valence-corrected chi connectivity index (χ4v) is 5.71. The molecule has 1 aliphatic rings. The third-order valence-electron chi connectivity index (χ3n) is 5.65. The molecule has 8 nitrogen and oxygen atoms in total. The first kappa shape index (κ1) is 23.7. The number of hydrogen-bond donors (Lipinski definition) is 0. The first-order valence-electron chi connectivity index (χ1n) is 10.6. The average Bonchev–Trinajstić information content (AvgIpc) is 3.25. The summed E-state index contributed by atoms with van der Waals surface area (Å²) in [5.41, 5.74) is 3.36. The minimum Gasteiger partial charge on any atom is -0.449 e. The number of aromatic nitrogens is 2. The lowest BCUT2D eigenvalue weighted by molar-refractivity contribution is -0.156. The van der Waals surface area contributed by atoms with E-state index in [0.29, 0.717) is 13.0 Å². The van der Waals surface area contributed by atoms with Crippen LogP contribution in [0.4, 0.5) is 0 Å². The van der Waals surface area contributed by atoms with Gasteiger partial charge in [0.15, 0.2) is 15.9 Å². The van der Waals surface area contributed by atoms with Gasteiger partial charge in [0.25, 0.3) is 5.91 Å². The molecule has 2 aromatic rings. The zero-order valence-electron chi connectivity index (χ0n) is 18.8. The molecule has 9 heteroatoms. The van der Waals surface area contributed by atoms with Crippen molar-refractivity contribution >= 4 is 27.8 Å². The molecule has 1 amide bonds. The molecule has 1 saturated heterocycles. The summed E-state index contributed by atoms with van der Waals surface area (Å²) in [6.07, 6.45) is 2.32. The number of para-hydroxylation sites is 1. The van der Waals surface area contributed by atoms with Crippen molar-refractivity contribution < 1.29 is 22.7 Å². The molecule has 32 heavy (non-hydrogen) atoms. The van der Waals surface area contributed by atoms with E-state index in [1.807, 2.05) is 44.2 Å². The molecule has 2 unspecified atom stereocenters. The first-order chi connectivity index (χ1) is 15.1. The predicted molar refractivity (Wildman–Crippen MR) is 122 cm³/mol. The van der Waals surface area contributed by atoms with Gasteiger partial charge in [0, 0.05) is 29.9 Å². The SMILES string of the molecule is CCN(C(=O)C(C)OC(=O)C=Cc1c(C)nn(-c2ccccc2)c1C)C1CCS(=O)(=O)C1. The Bertz CT molecular complexity index is 1120. The van der Waals surface area contributed by atoms with Crippen molar-refractivity contribution in [3.63, 3.8) is 0 Å². The number of esters is 1. The third kappa shape index (κ3) is 5.27. The van der Waals surface area contributed by atoms with Crippen LogP contribution in [0, 0.1) is 13.8 Å². The topological polar surface area (TPSA) is 98.6 Å². The normalized spacial score (nSPS) is 18.6. The van der Waals surface area contributed by atoms with E-state index in [1.165, 1.54) is 17.9 Å². The Labute approximate surface area is 188 Å². The monoisotopic (exact) mass is 459 g/mol. The molecular formula is C23H29N3O5S. The minimum absolute atomic E-state index is 0.0445. The number of carbonyl (C=O) groups excluding carboxylic acids is 2. The summed E-state index contributed by atoms with van der Waals surface area (Å²) in [5, 5.41) is 4.54. The van der Waals surface area contributed by atoms with E-state index in [-0.39, 0.29) is 23.5 Å². The lowest BCUT2D eigenvalue weighted by Gasteiger charge is -2.29. The van der Waals surface area contributed by atoms with Crippen molar-refractivity contribution in [3.8, 4) is 5.69 Å². The van der Waals surface area contributed by atoms with E-state index >= 15 is 0 Å². The van der Waals surface area contributed by atoms with Gasteiger partial charge in [-0.15, -0.1) is 0 Å². The number of amides is 1. The van der Waals surface area contributed by atoms with Gasteiger partial charge in [-0.25, -0.2) is 17.9 Å². The molecular weight excluding hydrogens is 430 g/mol. The van der Waals surface area contributed by atoms with E-state index in [9.17, 15) is 18.0 Å². The van der Waals surface area contributed by atoms with Crippen LogP contribution in [0.15, 0.2) is 36.4 Å². The number of nitrogens with zero attached hydrogens (tertiary/aromatic N) is 3. The lowest BCUT2D eigenvalue weighted by atomic mass is 10.2. The fourth-order valence-electron chi connectivity index (χ4n) is 3.98. The maximum atomic E-state index is 12.8. The van der Waals surface area contributed by atoms with Gasteiger partial charge in [-0.2, -0.15) is 5.10 Å². The van der Waals surface area contributed by atoms with E-state index in [4.69, 9.17) is 4.74 Å². The minimum atomic E-state index is -3.12. The molecule has 0 spiro atoms. The molecule has 1 aromatic carbocycles. The highest BCUT2D eigenvalue weighted by molar-refractivity contribution is 7.91. The average molecular weight is 460 g/mol. The van der Waals surface area contributed by atoms with E-state index in [2.05, 4.69) is 5.10 Å². The molecule has 1 aromatic heterocycles. The van der Waals surface area contributed by atoms with Gasteiger partial charge in [0.2, 0.25) is 0 Å². The predicted octanol–water partition coefficient (Wildman–Crippen LogP) is 2.47. The van der Waals surface area contributed by atoms with Gasteiger partial charge in [0.05, 0.1) is 22.9 Å². The van der Waals surface area contributed by atoms with Gasteiger partial charge in [-0.1, -0.05) is 18.2 Å². The van der Waals surface area contributed by atoms with E-state index in [1.54, 1.807) is 17.7 Å². The van der Waals surface area contributed by atoms with Crippen LogP contribution in [0.3, 0.4) is 0 Å². The molecule has 2 atom stereocenters. The molecule has 2 heterocycles. The van der Waals surface area contributed by atoms with Crippen molar-refractivity contribution in [2.45, 2.75) is 46.3 Å². The number of aryl methyl sites for hydroxylation is 1. The number of sulfone groups is 1. The molecule has 0 N–H and O–H groups in total. The smallest absolute Gasteiger partial charge is 0.331 e. The maximum absolute atomic E-state index is 12.8. The van der Waals surface area contributed by atoms with Crippen molar-refractivity contribution in [1.82, 2.24) is 14.7 Å². The van der Waals surface area contributed by atoms with Crippen LogP contribution in [0.2, 0.25) is 0 Å². The lowest BCUT2D eigenvalue weighted by Crippen LogP contribution is -2.46. The molecule has 0 saturated carbocycles. The highest BCUT2D eigenvalue weighted by atomic mass is 32.2. The summed E-state index contributed by atoms with van der Waals surface area (Å²) < 4.78 is 30.6. The first-order valence-corrected chi connectivity index (χ1v) is 12.5. The number of hydrogen-bond acceptors (Lipinski definition) is 6. The van der Waals surface area contributed by atoms with Crippen LogP contribution in [-0.4, -0.2) is 65.2 Å². The van der Waals surface area contributed by atoms with Gasteiger partial charge >= 0.3 is 5.97 Å². The summed E-state index contributed by atoms with van der Waals surface area (Å²) >= 11 is 0. The van der Waals surface area contributed by atoms with Crippen LogP contribution < -0.4 is 0 Å². The third-order valence-corrected chi connectivity index (χ3v) is 7.40. The van der Waals surface area contributed by atoms with Crippen molar-refractivity contribution in [2.75, 3.05) is 18.1 Å². The van der Waals surface area contributed by atoms with Crippen LogP contribution in [0.25, 0.3) is 11.8 Å². The zero-order valence-corrected chi connectivity index (χ0v) is 19.6. The molecule has 172 valence electrons. The number of benzene rings is 1. The number of carbonyl (C=O) groups is 2. The van der Waals surface area contributed by atoms with Crippen LogP contribution in [0.1, 0.15) is 37.2 Å². The Kier molecular flexibility index (Phi) is 7.18. The number of likely N-dealkylation sites (N-methyl/N-ethyl adjacent to an activating group) is 1. The Hall–Kier alpha value is -2.94. The highest BCUT2D eigenvalue weighted by Crippen LogP contribution is 2.20. The number of rotatable bonds is 7. The summed E-state index contributed by atoms with van der Waals surface area (Å²) in [4.78, 5) is 26.6. The molecule has 1 aliphatic heterocycles. The maximum Gasteiger partial charge on any atom is 0.331 e. The van der Waals surface area contributed by atoms with Crippen molar-refractivity contribution in [1.29, 1.82) is 0 Å². The molecule has 0 radical (unpaired) electrons. The van der Waals surface area contributed by atoms with Gasteiger partial charge < -0.3 is 9.64 Å². The van der Waals surface area contributed by atoms with Crippen molar-refractivity contribution in [2.24, 2.45) is 0 Å². The second-order valence-corrected chi connectivity index (χ2v) is 10.2. The highest BCUT2D eigenvalue weighted by Gasteiger charge is 2.36. The van der Waals surface area contributed by atoms with Gasteiger partial charge in [-0.05, 0) is 52.3 Å². The number of ether oxygens (including phenoxy) is 1. The van der Waals surface area contributed by atoms with E-state index in [0.717, 1.165) is 22.6 Å². The molecule has 0 bridgehead atoms. The largest absolute Gasteiger partial charge is 0.449 e. The molecule has 1 fully saturated rings. The molecule has 0 aliphatic carbocycles. The Balaban J connectivity index is 1.66. The zero-order chi connectivity index (χ0) is 23.5. The van der Waals surface area contributed by atoms with Crippen molar-refractivity contribution in [3.05, 3.63) is 53.4 Å². The Morgan fingerprint density at radius 1 is 1.28 bits per heavy atom. The summed E-state index contributed by atoms with van der Waals surface area (Å²) in [6, 6.07) is 9.31. The fraction of sp³-hybridized carbons (Fsp3) is 0.435. The standard InChI is InChI=1S/C23H29N3O5S/c1-5-25(20-13-14-32(29,30)15-20)23(28)18(4)31-22(27)12-11-21-16(2)24-26(17(21)3)19-9-7-6-8-10-19/h6-12,18,20H,5,13-15H2,1-4H3. The molecule has 3 rings (SSSR count). The van der Waals surface area contributed by atoms with Crippen LogP contribution >= 0.6 is 0 Å². The van der Waals surface area contributed by atoms with Gasteiger partial charge in [-0.3, -0.25) is 4.79 Å². The summed E-state index contributed by atoms with van der Waals surface area (Å²) in [7, 11) is -3.12. The van der Waals surface area contributed by atoms with Crippen LogP contribution in [-0.2, 0) is 24.2 Å². The van der Waals surface area contributed by atoms with Crippen LogP contribution in [0.5, 0.6) is 0 Å². The Morgan fingerprint density at radius 2 is 1.97 bits per heavy atom. The Morgan fingerprint density at radius 3 is 2.56 bits per heavy atom.